The second-order valence-electron chi connectivity index (χ2n) is 5.63. The Morgan fingerprint density at radius 3 is 2.60 bits per heavy atom. The van der Waals surface area contributed by atoms with Crippen LogP contribution < -0.4 is 10.6 Å². The summed E-state index contributed by atoms with van der Waals surface area (Å²) in [6.07, 6.45) is 5.92. The summed E-state index contributed by atoms with van der Waals surface area (Å²) in [5, 5.41) is 7.08. The molecular formula is C17H22N2O. The highest BCUT2D eigenvalue weighted by Gasteiger charge is 2.33. The van der Waals surface area contributed by atoms with Crippen LogP contribution in [0, 0.1) is 0 Å². The molecule has 1 aliphatic rings. The van der Waals surface area contributed by atoms with E-state index in [1.54, 1.807) is 6.26 Å². The molecule has 0 radical (unpaired) electrons. The lowest BCUT2D eigenvalue weighted by atomic mass is 9.73. The van der Waals surface area contributed by atoms with E-state index < -0.39 is 0 Å². The molecule has 0 atom stereocenters. The first-order valence-electron chi connectivity index (χ1n) is 7.37. The highest BCUT2D eigenvalue weighted by atomic mass is 16.3. The van der Waals surface area contributed by atoms with Gasteiger partial charge >= 0.3 is 0 Å². The van der Waals surface area contributed by atoms with E-state index in [-0.39, 0.29) is 5.41 Å². The van der Waals surface area contributed by atoms with Gasteiger partial charge in [0.05, 0.1) is 12.5 Å². The van der Waals surface area contributed by atoms with Crippen LogP contribution in [0.2, 0.25) is 0 Å². The molecular weight excluding hydrogens is 248 g/mol. The largest absolute Gasteiger partial charge is 0.472 e. The molecule has 3 heteroatoms. The van der Waals surface area contributed by atoms with Crippen molar-refractivity contribution >= 4 is 0 Å². The van der Waals surface area contributed by atoms with E-state index in [0.29, 0.717) is 0 Å². The van der Waals surface area contributed by atoms with E-state index in [1.165, 1.54) is 24.0 Å². The van der Waals surface area contributed by atoms with Crippen LogP contribution in [0.3, 0.4) is 0 Å². The summed E-state index contributed by atoms with van der Waals surface area (Å²) in [6.45, 7) is 4.09. The van der Waals surface area contributed by atoms with Crippen molar-refractivity contribution in [3.63, 3.8) is 0 Å². The highest BCUT2D eigenvalue weighted by molar-refractivity contribution is 5.27. The van der Waals surface area contributed by atoms with Crippen LogP contribution in [0.25, 0.3) is 0 Å². The molecule has 2 aromatic rings. The van der Waals surface area contributed by atoms with E-state index in [9.17, 15) is 0 Å². The average Bonchev–Trinajstić information content (AvgIpc) is 3.02. The summed E-state index contributed by atoms with van der Waals surface area (Å²) in [5.74, 6) is 0. The number of piperidine rings is 1. The van der Waals surface area contributed by atoms with Gasteiger partial charge in [-0.15, -0.1) is 0 Å². The van der Waals surface area contributed by atoms with E-state index in [4.69, 9.17) is 4.42 Å². The minimum atomic E-state index is 0.260. The van der Waals surface area contributed by atoms with Crippen LogP contribution in [0.15, 0.2) is 53.3 Å². The molecule has 106 valence electrons. The zero-order valence-electron chi connectivity index (χ0n) is 11.8. The number of benzene rings is 1. The summed E-state index contributed by atoms with van der Waals surface area (Å²) in [5.41, 5.74) is 2.93. The second kappa shape index (κ2) is 6.25. The fourth-order valence-electron chi connectivity index (χ4n) is 3.10. The maximum Gasteiger partial charge on any atom is 0.0947 e. The molecule has 1 aliphatic heterocycles. The number of nitrogens with one attached hydrogen (secondary N) is 2. The summed E-state index contributed by atoms with van der Waals surface area (Å²) >= 11 is 0. The van der Waals surface area contributed by atoms with E-state index in [2.05, 4.69) is 41.0 Å². The Balaban J connectivity index is 1.69. The Kier molecular flexibility index (Phi) is 4.19. The normalized spacial score (nSPS) is 18.0. The van der Waals surface area contributed by atoms with Crippen molar-refractivity contribution in [2.45, 2.75) is 24.8 Å². The lowest BCUT2D eigenvalue weighted by Gasteiger charge is -2.38. The number of hydrogen-bond donors (Lipinski definition) is 2. The molecule has 1 aromatic heterocycles. The molecule has 3 rings (SSSR count). The molecule has 0 spiro atoms. The van der Waals surface area contributed by atoms with Crippen molar-refractivity contribution in [1.82, 2.24) is 10.6 Å². The number of rotatable bonds is 5. The van der Waals surface area contributed by atoms with Crippen molar-refractivity contribution in [2.75, 3.05) is 19.6 Å². The Hall–Kier alpha value is -1.58. The third-order valence-corrected chi connectivity index (χ3v) is 4.32. The Morgan fingerprint density at radius 1 is 1.10 bits per heavy atom. The first kappa shape index (κ1) is 13.4. The molecule has 20 heavy (non-hydrogen) atoms. The van der Waals surface area contributed by atoms with Crippen LogP contribution in [-0.2, 0) is 12.0 Å². The summed E-state index contributed by atoms with van der Waals surface area (Å²) in [6, 6.07) is 12.9. The summed E-state index contributed by atoms with van der Waals surface area (Å²) in [4.78, 5) is 0. The van der Waals surface area contributed by atoms with E-state index in [1.807, 2.05) is 12.3 Å². The SMILES string of the molecule is c1ccc(C2(CNCc3ccoc3)CCNCC2)cc1. The topological polar surface area (TPSA) is 37.2 Å². The monoisotopic (exact) mass is 270 g/mol. The van der Waals surface area contributed by atoms with Gasteiger partial charge in [-0.05, 0) is 37.6 Å². The molecule has 1 fully saturated rings. The van der Waals surface area contributed by atoms with Crippen molar-refractivity contribution in [1.29, 1.82) is 0 Å². The van der Waals surface area contributed by atoms with E-state index in [0.717, 1.165) is 26.2 Å². The Morgan fingerprint density at radius 2 is 1.90 bits per heavy atom. The molecule has 0 amide bonds. The minimum absolute atomic E-state index is 0.260. The lowest BCUT2D eigenvalue weighted by Crippen LogP contribution is -2.46. The fourth-order valence-corrected chi connectivity index (χ4v) is 3.10. The van der Waals surface area contributed by atoms with Gasteiger partial charge in [0.15, 0.2) is 0 Å². The standard InChI is InChI=1S/C17H22N2O/c1-2-4-16(5-3-1)17(7-9-18-10-8-17)14-19-12-15-6-11-20-13-15/h1-6,11,13,18-19H,7-10,12,14H2. The molecule has 1 saturated heterocycles. The molecule has 2 N–H and O–H groups in total. The number of hydrogen-bond acceptors (Lipinski definition) is 3. The predicted molar refractivity (Wildman–Crippen MR) is 80.6 cm³/mol. The van der Waals surface area contributed by atoms with Gasteiger partial charge in [0, 0.05) is 24.1 Å². The van der Waals surface area contributed by atoms with Crippen molar-refractivity contribution < 1.29 is 4.42 Å². The van der Waals surface area contributed by atoms with Crippen LogP contribution >= 0.6 is 0 Å². The smallest absolute Gasteiger partial charge is 0.0947 e. The van der Waals surface area contributed by atoms with Crippen LogP contribution in [0.5, 0.6) is 0 Å². The molecule has 0 aliphatic carbocycles. The summed E-state index contributed by atoms with van der Waals surface area (Å²) < 4.78 is 5.12. The zero-order chi connectivity index (χ0) is 13.7. The van der Waals surface area contributed by atoms with E-state index >= 15 is 0 Å². The first-order chi connectivity index (χ1) is 9.89. The zero-order valence-corrected chi connectivity index (χ0v) is 11.8. The summed E-state index contributed by atoms with van der Waals surface area (Å²) in [7, 11) is 0. The second-order valence-corrected chi connectivity index (χ2v) is 5.63. The maximum atomic E-state index is 5.12. The van der Waals surface area contributed by atoms with Gasteiger partial charge in [-0.2, -0.15) is 0 Å². The highest BCUT2D eigenvalue weighted by Crippen LogP contribution is 2.32. The molecule has 0 bridgehead atoms. The van der Waals surface area contributed by atoms with Gasteiger partial charge in [-0.1, -0.05) is 30.3 Å². The van der Waals surface area contributed by atoms with Gasteiger partial charge in [0.25, 0.3) is 0 Å². The molecule has 0 saturated carbocycles. The van der Waals surface area contributed by atoms with Gasteiger partial charge in [-0.3, -0.25) is 0 Å². The Labute approximate surface area is 120 Å². The molecule has 1 aromatic carbocycles. The van der Waals surface area contributed by atoms with Gasteiger partial charge in [0.1, 0.15) is 0 Å². The van der Waals surface area contributed by atoms with Gasteiger partial charge in [0.2, 0.25) is 0 Å². The first-order valence-corrected chi connectivity index (χ1v) is 7.37. The minimum Gasteiger partial charge on any atom is -0.472 e. The quantitative estimate of drug-likeness (QED) is 0.877. The maximum absolute atomic E-state index is 5.12. The molecule has 2 heterocycles. The molecule has 3 nitrogen and oxygen atoms in total. The Bertz CT molecular complexity index is 501. The van der Waals surface area contributed by atoms with Crippen molar-refractivity contribution in [2.24, 2.45) is 0 Å². The van der Waals surface area contributed by atoms with Crippen LogP contribution in [0.1, 0.15) is 24.0 Å². The van der Waals surface area contributed by atoms with Gasteiger partial charge in [-0.25, -0.2) is 0 Å². The van der Waals surface area contributed by atoms with Crippen molar-refractivity contribution in [3.8, 4) is 0 Å². The third-order valence-electron chi connectivity index (χ3n) is 4.32. The van der Waals surface area contributed by atoms with Gasteiger partial charge < -0.3 is 15.1 Å². The average molecular weight is 270 g/mol. The third kappa shape index (κ3) is 2.94. The van der Waals surface area contributed by atoms with Crippen LogP contribution in [-0.4, -0.2) is 19.6 Å². The van der Waals surface area contributed by atoms with Crippen molar-refractivity contribution in [3.05, 3.63) is 60.1 Å². The predicted octanol–water partition coefficient (Wildman–Crippen LogP) is 2.69. The number of furan rings is 1. The fraction of sp³-hybridized carbons (Fsp3) is 0.412. The lowest BCUT2D eigenvalue weighted by molar-refractivity contribution is 0.293. The molecule has 0 unspecified atom stereocenters. The van der Waals surface area contributed by atoms with Crippen LogP contribution in [0.4, 0.5) is 0 Å².